The van der Waals surface area contributed by atoms with Crippen LogP contribution >= 0.6 is 0 Å². The lowest BCUT2D eigenvalue weighted by atomic mass is 9.97. The third kappa shape index (κ3) is 5.51. The number of hydrogen-bond donors (Lipinski definition) is 0. The van der Waals surface area contributed by atoms with Gasteiger partial charge in [-0.05, 0) is 54.4 Å². The zero-order valence-electron chi connectivity index (χ0n) is 18.3. The second-order valence-electron chi connectivity index (χ2n) is 7.87. The summed E-state index contributed by atoms with van der Waals surface area (Å²) >= 11 is 0. The Balaban J connectivity index is 2.02. The summed E-state index contributed by atoms with van der Waals surface area (Å²) in [4.78, 5) is 25.3. The average Bonchev–Trinajstić information content (AvgIpc) is 3.04. The molecular weight excluding hydrogens is 513 g/mol. The topological polar surface area (TPSA) is 55.8 Å². The SMILES string of the molecule is COC(=O)c1ccc(C(F)(F)F)cc1CN1C(=O)O[C@H](c2cc(C(F)(F)F)cc(C(F)(F)F)c2)[C@@H]1C. The van der Waals surface area contributed by atoms with E-state index in [1.165, 1.54) is 6.92 Å². The van der Waals surface area contributed by atoms with Gasteiger partial charge in [-0.15, -0.1) is 0 Å². The Hall–Kier alpha value is -3.45. The molecule has 1 amide bonds. The van der Waals surface area contributed by atoms with Gasteiger partial charge in [0.1, 0.15) is 6.10 Å². The van der Waals surface area contributed by atoms with Gasteiger partial charge in [-0.1, -0.05) is 0 Å². The minimum absolute atomic E-state index is 0.0893. The number of halogens is 9. The molecule has 196 valence electrons. The first-order valence-corrected chi connectivity index (χ1v) is 9.98. The lowest BCUT2D eigenvalue weighted by Crippen LogP contribution is -2.32. The molecule has 0 spiro atoms. The molecule has 3 rings (SSSR count). The fourth-order valence-electron chi connectivity index (χ4n) is 3.70. The predicted octanol–water partition coefficient (Wildman–Crippen LogP) is 6.61. The summed E-state index contributed by atoms with van der Waals surface area (Å²) in [5, 5.41) is 0. The Kier molecular flexibility index (Phi) is 6.94. The molecule has 0 N–H and O–H groups in total. The summed E-state index contributed by atoms with van der Waals surface area (Å²) in [7, 11) is 0.971. The molecule has 36 heavy (non-hydrogen) atoms. The number of hydrogen-bond acceptors (Lipinski definition) is 4. The second kappa shape index (κ2) is 9.21. The van der Waals surface area contributed by atoms with Gasteiger partial charge in [-0.3, -0.25) is 4.90 Å². The van der Waals surface area contributed by atoms with Crippen LogP contribution in [0, 0.1) is 0 Å². The van der Waals surface area contributed by atoms with Crippen molar-refractivity contribution >= 4 is 12.1 Å². The van der Waals surface area contributed by atoms with E-state index in [4.69, 9.17) is 4.74 Å². The quantitative estimate of drug-likeness (QED) is 0.331. The van der Waals surface area contributed by atoms with Crippen LogP contribution in [-0.4, -0.2) is 30.1 Å². The first-order valence-electron chi connectivity index (χ1n) is 9.98. The molecule has 1 saturated heterocycles. The molecule has 0 unspecified atom stereocenters. The smallest absolute Gasteiger partial charge is 0.416 e. The van der Waals surface area contributed by atoms with Gasteiger partial charge < -0.3 is 9.47 Å². The summed E-state index contributed by atoms with van der Waals surface area (Å²) in [6, 6.07) is 1.53. The molecule has 14 heteroatoms. The zero-order chi connectivity index (χ0) is 27.2. The fraction of sp³-hybridized carbons (Fsp3) is 0.364. The number of carbonyl (C=O) groups is 2. The Bertz CT molecular complexity index is 1140. The second-order valence-corrected chi connectivity index (χ2v) is 7.87. The maximum absolute atomic E-state index is 13.2. The molecule has 0 saturated carbocycles. The molecule has 1 aliphatic heterocycles. The van der Waals surface area contributed by atoms with Crippen molar-refractivity contribution < 1.29 is 58.6 Å². The average molecular weight is 529 g/mol. The van der Waals surface area contributed by atoms with E-state index < -0.39 is 71.5 Å². The highest BCUT2D eigenvalue weighted by Gasteiger charge is 2.44. The number of rotatable bonds is 4. The zero-order valence-corrected chi connectivity index (χ0v) is 18.3. The molecule has 0 aliphatic carbocycles. The molecule has 1 heterocycles. The molecule has 1 aliphatic rings. The van der Waals surface area contributed by atoms with E-state index in [1.54, 1.807) is 0 Å². The molecule has 2 aromatic carbocycles. The van der Waals surface area contributed by atoms with E-state index in [0.29, 0.717) is 24.3 Å². The normalized spacial score (nSPS) is 18.9. The lowest BCUT2D eigenvalue weighted by Gasteiger charge is -2.23. The van der Waals surface area contributed by atoms with E-state index >= 15 is 0 Å². The number of alkyl halides is 9. The molecule has 0 bridgehead atoms. The fourth-order valence-corrected chi connectivity index (χ4v) is 3.70. The van der Waals surface area contributed by atoms with Crippen molar-refractivity contribution in [1.82, 2.24) is 4.90 Å². The third-order valence-corrected chi connectivity index (χ3v) is 5.51. The maximum atomic E-state index is 13.2. The molecule has 0 radical (unpaired) electrons. The van der Waals surface area contributed by atoms with Gasteiger partial charge in [0, 0.05) is 0 Å². The predicted molar refractivity (Wildman–Crippen MR) is 103 cm³/mol. The van der Waals surface area contributed by atoms with Crippen LogP contribution in [0.25, 0.3) is 0 Å². The third-order valence-electron chi connectivity index (χ3n) is 5.51. The van der Waals surface area contributed by atoms with Crippen LogP contribution < -0.4 is 0 Å². The van der Waals surface area contributed by atoms with Crippen LogP contribution in [0.5, 0.6) is 0 Å². The first-order chi connectivity index (χ1) is 16.4. The summed E-state index contributed by atoms with van der Waals surface area (Å²) in [6.07, 6.45) is -17.9. The van der Waals surface area contributed by atoms with Crippen molar-refractivity contribution in [2.24, 2.45) is 0 Å². The number of esters is 1. The number of amides is 1. The van der Waals surface area contributed by atoms with Crippen LogP contribution in [0.3, 0.4) is 0 Å². The van der Waals surface area contributed by atoms with Gasteiger partial charge in [0.15, 0.2) is 0 Å². The Morgan fingerprint density at radius 1 is 0.889 bits per heavy atom. The highest BCUT2D eigenvalue weighted by Crippen LogP contribution is 2.41. The monoisotopic (exact) mass is 529 g/mol. The highest BCUT2D eigenvalue weighted by atomic mass is 19.4. The summed E-state index contributed by atoms with van der Waals surface area (Å²) in [5.41, 5.74) is -5.67. The van der Waals surface area contributed by atoms with E-state index in [9.17, 15) is 49.1 Å². The van der Waals surface area contributed by atoms with E-state index in [1.807, 2.05) is 0 Å². The van der Waals surface area contributed by atoms with Crippen molar-refractivity contribution in [3.05, 3.63) is 69.8 Å². The van der Waals surface area contributed by atoms with Crippen LogP contribution in [0.4, 0.5) is 44.3 Å². The molecular formula is C22H16F9NO4. The summed E-state index contributed by atoms with van der Waals surface area (Å²) in [5.74, 6) is -1.02. The number of methoxy groups -OCH3 is 1. The Morgan fingerprint density at radius 2 is 1.42 bits per heavy atom. The molecule has 2 atom stereocenters. The number of cyclic esters (lactones) is 1. The number of carbonyl (C=O) groups excluding carboxylic acids is 2. The number of ether oxygens (including phenoxy) is 2. The first kappa shape index (κ1) is 27.1. The van der Waals surface area contributed by atoms with Crippen LogP contribution in [0.1, 0.15) is 51.2 Å². The molecule has 1 fully saturated rings. The van der Waals surface area contributed by atoms with Crippen molar-refractivity contribution in [3.8, 4) is 0 Å². The van der Waals surface area contributed by atoms with Crippen LogP contribution in [0.2, 0.25) is 0 Å². The minimum Gasteiger partial charge on any atom is -0.465 e. The van der Waals surface area contributed by atoms with Gasteiger partial charge >= 0.3 is 30.6 Å². The van der Waals surface area contributed by atoms with Gasteiger partial charge in [-0.25, -0.2) is 9.59 Å². The Labute approximate surface area is 197 Å². The molecule has 2 aromatic rings. The number of nitrogens with zero attached hydrogens (tertiary/aromatic N) is 1. The van der Waals surface area contributed by atoms with Gasteiger partial charge in [0.05, 0.1) is 42.0 Å². The summed E-state index contributed by atoms with van der Waals surface area (Å²) < 4.78 is 129. The summed E-state index contributed by atoms with van der Waals surface area (Å²) in [6.45, 7) is 0.560. The van der Waals surface area contributed by atoms with E-state index in [2.05, 4.69) is 4.74 Å². The number of benzene rings is 2. The standard InChI is InChI=1S/C22H16F9NO4/c1-10-17(11-5-14(21(26,27)28)8-15(6-11)22(29,30)31)36-19(34)32(10)9-12-7-13(20(23,24)25)3-4-16(12)18(33)35-2/h3-8,10,17H,9H2,1-2H3/t10-,17-/m0/s1. The van der Waals surface area contributed by atoms with Crippen molar-refractivity contribution in [1.29, 1.82) is 0 Å². The van der Waals surface area contributed by atoms with Crippen LogP contribution in [0.15, 0.2) is 36.4 Å². The minimum atomic E-state index is -5.14. The highest BCUT2D eigenvalue weighted by molar-refractivity contribution is 5.91. The van der Waals surface area contributed by atoms with Gasteiger partial charge in [0.25, 0.3) is 0 Å². The van der Waals surface area contributed by atoms with Crippen molar-refractivity contribution in [2.75, 3.05) is 7.11 Å². The molecule has 5 nitrogen and oxygen atoms in total. The largest absolute Gasteiger partial charge is 0.465 e. The van der Waals surface area contributed by atoms with Crippen molar-refractivity contribution in [2.45, 2.75) is 44.1 Å². The van der Waals surface area contributed by atoms with Gasteiger partial charge in [0.2, 0.25) is 0 Å². The Morgan fingerprint density at radius 3 is 1.89 bits per heavy atom. The molecule has 0 aromatic heterocycles. The van der Waals surface area contributed by atoms with Crippen molar-refractivity contribution in [3.63, 3.8) is 0 Å². The lowest BCUT2D eigenvalue weighted by molar-refractivity contribution is -0.143. The van der Waals surface area contributed by atoms with Gasteiger partial charge in [-0.2, -0.15) is 39.5 Å². The van der Waals surface area contributed by atoms with Crippen LogP contribution in [-0.2, 0) is 34.5 Å². The van der Waals surface area contributed by atoms with E-state index in [0.717, 1.165) is 18.1 Å². The maximum Gasteiger partial charge on any atom is 0.416 e. The van der Waals surface area contributed by atoms with E-state index in [-0.39, 0.29) is 17.2 Å².